The summed E-state index contributed by atoms with van der Waals surface area (Å²) >= 11 is 0. The van der Waals surface area contributed by atoms with Crippen LogP contribution in [0.4, 0.5) is 0 Å². The number of aromatic nitrogens is 1. The highest BCUT2D eigenvalue weighted by Gasteiger charge is 2.24. The number of carbonyl (C=O) groups is 2. The van der Waals surface area contributed by atoms with Crippen molar-refractivity contribution in [3.05, 3.63) is 57.9 Å². The van der Waals surface area contributed by atoms with Gasteiger partial charge in [0.05, 0.1) is 12.8 Å². The summed E-state index contributed by atoms with van der Waals surface area (Å²) in [5, 5.41) is 2.71. The van der Waals surface area contributed by atoms with Crippen molar-refractivity contribution in [1.82, 2.24) is 14.8 Å². The number of furan rings is 1. The molecule has 2 aromatic heterocycles. The molecule has 1 N–H and O–H groups in total. The molecule has 3 heterocycles. The minimum Gasteiger partial charge on any atom is -0.467 e. The summed E-state index contributed by atoms with van der Waals surface area (Å²) in [6, 6.07) is 3.54. The average molecular weight is 399 g/mol. The molecule has 1 aliphatic rings. The predicted octanol–water partition coefficient (Wildman–Crippen LogP) is 3.36. The maximum absolute atomic E-state index is 13.1. The Kier molecular flexibility index (Phi) is 6.90. The quantitative estimate of drug-likeness (QED) is 0.807. The Morgan fingerprint density at radius 3 is 2.45 bits per heavy atom. The van der Waals surface area contributed by atoms with Gasteiger partial charge >= 0.3 is 0 Å². The van der Waals surface area contributed by atoms with Crippen molar-refractivity contribution in [2.75, 3.05) is 13.1 Å². The smallest absolute Gasteiger partial charge is 0.259 e. The van der Waals surface area contributed by atoms with E-state index in [-0.39, 0.29) is 29.6 Å². The monoisotopic (exact) mass is 399 g/mol. The van der Waals surface area contributed by atoms with Gasteiger partial charge in [0.15, 0.2) is 0 Å². The fourth-order valence-corrected chi connectivity index (χ4v) is 3.50. The number of nitrogens with one attached hydrogen (secondary N) is 1. The molecule has 0 spiro atoms. The second kappa shape index (κ2) is 9.58. The Morgan fingerprint density at radius 1 is 1.14 bits per heavy atom. The molecular weight excluding hydrogens is 370 g/mol. The van der Waals surface area contributed by atoms with Gasteiger partial charge in [-0.25, -0.2) is 0 Å². The third-order valence-corrected chi connectivity index (χ3v) is 5.52. The van der Waals surface area contributed by atoms with Gasteiger partial charge in [0.25, 0.3) is 11.8 Å². The SMILES string of the molecule is CCC(C)n1cc(C(=O)NCc2ccco2)c(=O)c(C(=O)N2CCCCCC2)c1. The Labute approximate surface area is 170 Å². The van der Waals surface area contributed by atoms with Gasteiger partial charge in [-0.3, -0.25) is 14.4 Å². The lowest BCUT2D eigenvalue weighted by Crippen LogP contribution is -2.38. The van der Waals surface area contributed by atoms with Crippen LogP contribution in [0.25, 0.3) is 0 Å². The maximum Gasteiger partial charge on any atom is 0.259 e. The Morgan fingerprint density at radius 2 is 1.83 bits per heavy atom. The second-order valence-electron chi connectivity index (χ2n) is 7.59. The number of nitrogens with zero attached hydrogens (tertiary/aromatic N) is 2. The van der Waals surface area contributed by atoms with Gasteiger partial charge in [-0.15, -0.1) is 0 Å². The van der Waals surface area contributed by atoms with Crippen LogP contribution in [0.2, 0.25) is 0 Å². The summed E-state index contributed by atoms with van der Waals surface area (Å²) in [5.41, 5.74) is -0.467. The summed E-state index contributed by atoms with van der Waals surface area (Å²) in [4.78, 5) is 40.7. The first kappa shape index (κ1) is 20.9. The number of hydrogen-bond donors (Lipinski definition) is 1. The van der Waals surface area contributed by atoms with E-state index in [1.165, 1.54) is 6.26 Å². The lowest BCUT2D eigenvalue weighted by molar-refractivity contribution is 0.0759. The largest absolute Gasteiger partial charge is 0.467 e. The minimum absolute atomic E-state index is 0.0162. The third-order valence-electron chi connectivity index (χ3n) is 5.52. The zero-order valence-electron chi connectivity index (χ0n) is 17.1. The number of amides is 2. The van der Waals surface area contributed by atoms with Crippen molar-refractivity contribution in [3.8, 4) is 0 Å². The van der Waals surface area contributed by atoms with Crippen molar-refractivity contribution in [1.29, 1.82) is 0 Å². The van der Waals surface area contributed by atoms with E-state index < -0.39 is 11.3 Å². The zero-order chi connectivity index (χ0) is 20.8. The van der Waals surface area contributed by atoms with Gasteiger partial charge in [-0.2, -0.15) is 0 Å². The maximum atomic E-state index is 13.1. The van der Waals surface area contributed by atoms with E-state index in [4.69, 9.17) is 4.42 Å². The van der Waals surface area contributed by atoms with Crippen LogP contribution in [0.5, 0.6) is 0 Å². The minimum atomic E-state index is -0.518. The topological polar surface area (TPSA) is 84.5 Å². The van der Waals surface area contributed by atoms with Crippen LogP contribution in [0.3, 0.4) is 0 Å². The highest BCUT2D eigenvalue weighted by Crippen LogP contribution is 2.15. The first-order chi connectivity index (χ1) is 14.0. The molecule has 1 atom stereocenters. The highest BCUT2D eigenvalue weighted by molar-refractivity contribution is 5.99. The Balaban J connectivity index is 1.92. The first-order valence-corrected chi connectivity index (χ1v) is 10.4. The molecule has 1 aliphatic heterocycles. The highest BCUT2D eigenvalue weighted by atomic mass is 16.3. The van der Waals surface area contributed by atoms with Crippen molar-refractivity contribution in [3.63, 3.8) is 0 Å². The van der Waals surface area contributed by atoms with Crippen molar-refractivity contribution < 1.29 is 14.0 Å². The normalized spacial score (nSPS) is 15.6. The van der Waals surface area contributed by atoms with Crippen molar-refractivity contribution >= 4 is 11.8 Å². The lowest BCUT2D eigenvalue weighted by atomic mass is 10.1. The lowest BCUT2D eigenvalue weighted by Gasteiger charge is -2.22. The second-order valence-corrected chi connectivity index (χ2v) is 7.59. The van der Waals surface area contributed by atoms with Crippen LogP contribution in [-0.2, 0) is 6.54 Å². The molecule has 3 rings (SSSR count). The van der Waals surface area contributed by atoms with Crippen LogP contribution in [0.1, 0.15) is 78.5 Å². The molecule has 0 bridgehead atoms. The molecule has 2 amide bonds. The number of pyridine rings is 1. The van der Waals surface area contributed by atoms with Crippen molar-refractivity contribution in [2.45, 2.75) is 58.5 Å². The van der Waals surface area contributed by atoms with Gasteiger partial charge in [0.2, 0.25) is 5.43 Å². The van der Waals surface area contributed by atoms with E-state index in [0.717, 1.165) is 32.1 Å². The number of likely N-dealkylation sites (tertiary alicyclic amines) is 1. The molecule has 1 saturated heterocycles. The molecule has 0 saturated carbocycles. The fourth-order valence-electron chi connectivity index (χ4n) is 3.50. The molecule has 0 aliphatic carbocycles. The van der Waals surface area contributed by atoms with Gasteiger partial charge in [-0.05, 0) is 38.3 Å². The molecule has 1 unspecified atom stereocenters. The van der Waals surface area contributed by atoms with Crippen LogP contribution in [0.15, 0.2) is 40.0 Å². The molecule has 2 aromatic rings. The molecule has 0 radical (unpaired) electrons. The summed E-state index contributed by atoms with van der Waals surface area (Å²) in [5.74, 6) is -0.194. The molecule has 7 nitrogen and oxygen atoms in total. The van der Waals surface area contributed by atoms with E-state index in [9.17, 15) is 14.4 Å². The molecule has 0 aromatic carbocycles. The van der Waals surface area contributed by atoms with Crippen LogP contribution >= 0.6 is 0 Å². The summed E-state index contributed by atoms with van der Waals surface area (Å²) < 4.78 is 7.02. The van der Waals surface area contributed by atoms with Crippen LogP contribution in [0, 0.1) is 0 Å². The van der Waals surface area contributed by atoms with Gasteiger partial charge in [0.1, 0.15) is 16.9 Å². The molecule has 29 heavy (non-hydrogen) atoms. The van der Waals surface area contributed by atoms with Gasteiger partial charge < -0.3 is 19.2 Å². The predicted molar refractivity (Wildman–Crippen MR) is 110 cm³/mol. The fraction of sp³-hybridized carbons (Fsp3) is 0.500. The van der Waals surface area contributed by atoms with E-state index in [1.807, 2.05) is 13.8 Å². The van der Waals surface area contributed by atoms with Gasteiger partial charge in [0, 0.05) is 31.5 Å². The number of rotatable bonds is 6. The average Bonchev–Trinajstić information content (AvgIpc) is 3.11. The Bertz CT molecular complexity index is 893. The summed E-state index contributed by atoms with van der Waals surface area (Å²) in [6.45, 7) is 5.50. The number of carbonyl (C=O) groups excluding carboxylic acids is 2. The van der Waals surface area contributed by atoms with Gasteiger partial charge in [-0.1, -0.05) is 19.8 Å². The summed E-state index contributed by atoms with van der Waals surface area (Å²) in [7, 11) is 0. The first-order valence-electron chi connectivity index (χ1n) is 10.4. The van der Waals surface area contributed by atoms with Crippen LogP contribution < -0.4 is 10.7 Å². The Hall–Kier alpha value is -2.83. The van der Waals surface area contributed by atoms with E-state index in [0.29, 0.717) is 18.8 Å². The summed E-state index contributed by atoms with van der Waals surface area (Å²) in [6.07, 6.45) is 9.56. The molecule has 156 valence electrons. The van der Waals surface area contributed by atoms with Crippen LogP contribution in [-0.4, -0.2) is 34.4 Å². The molecule has 7 heteroatoms. The molecule has 1 fully saturated rings. The zero-order valence-corrected chi connectivity index (χ0v) is 17.1. The molecular formula is C22H29N3O4. The van der Waals surface area contributed by atoms with E-state index >= 15 is 0 Å². The van der Waals surface area contributed by atoms with E-state index in [1.54, 1.807) is 34.0 Å². The standard InChI is InChI=1S/C22H29N3O4/c1-3-16(2)25-14-18(21(27)23-13-17-9-8-12-29-17)20(26)19(15-25)22(28)24-10-6-4-5-7-11-24/h8-9,12,14-16H,3-7,10-11,13H2,1-2H3,(H,23,27). The van der Waals surface area contributed by atoms with E-state index in [2.05, 4.69) is 5.32 Å². The number of hydrogen-bond acceptors (Lipinski definition) is 4. The third kappa shape index (κ3) is 4.96. The van der Waals surface area contributed by atoms with Crippen molar-refractivity contribution in [2.24, 2.45) is 0 Å².